The lowest BCUT2D eigenvalue weighted by atomic mass is 10.1. The third-order valence-electron chi connectivity index (χ3n) is 6.72. The number of aryl methyl sites for hydroxylation is 1. The van der Waals surface area contributed by atoms with E-state index in [1.807, 2.05) is 48.5 Å². The smallest absolute Gasteiger partial charge is 0.323 e. The second kappa shape index (κ2) is 19.6. The molecule has 7 heteroatoms. The molecular weight excluding hydrogens is 570 g/mol. The Bertz CT molecular complexity index is 1070. The Labute approximate surface area is 250 Å². The lowest BCUT2D eigenvalue weighted by Gasteiger charge is -2.11. The molecule has 0 unspecified atom stereocenters. The molecule has 3 aromatic rings. The standard InChI is InChI=1S/C32H45N3O2S.BrH/c1-3-4-5-6-7-8-9-10-11-12-13-16-23-37-30-21-19-29(20-22-30)33-32(36)34-31-18-15-14-17-28(31)25-35-24-27(2)38-26-35;/h14-15,17-22,24,26H,3-13,16,23,25H2,1-2H3,(H-,33,34,36);1H. The van der Waals surface area contributed by atoms with E-state index in [1.165, 1.54) is 75.5 Å². The van der Waals surface area contributed by atoms with E-state index in [0.29, 0.717) is 6.54 Å². The molecule has 0 atom stereocenters. The second-order valence-corrected chi connectivity index (χ2v) is 11.2. The zero-order valence-electron chi connectivity index (χ0n) is 23.7. The number of anilines is 2. The third-order valence-corrected chi connectivity index (χ3v) is 7.57. The number of hydrogen-bond acceptors (Lipinski definition) is 3. The summed E-state index contributed by atoms with van der Waals surface area (Å²) in [6.45, 7) is 5.82. The fourth-order valence-electron chi connectivity index (χ4n) is 4.56. The Morgan fingerprint density at radius 3 is 2.05 bits per heavy atom. The van der Waals surface area contributed by atoms with Gasteiger partial charge in [-0.25, -0.2) is 4.79 Å². The van der Waals surface area contributed by atoms with Gasteiger partial charge in [0.05, 0.1) is 17.2 Å². The molecule has 0 aliphatic heterocycles. The molecular formula is C32H46BrN3O2S. The van der Waals surface area contributed by atoms with Crippen LogP contribution in [0.15, 0.2) is 60.2 Å². The zero-order chi connectivity index (χ0) is 26.8. The highest BCUT2D eigenvalue weighted by Gasteiger charge is 2.12. The number of hydrogen-bond donors (Lipinski definition) is 2. The number of urea groups is 1. The number of amides is 2. The number of unbranched alkanes of at least 4 members (excludes halogenated alkanes) is 11. The maximum absolute atomic E-state index is 12.6. The number of aromatic nitrogens is 1. The van der Waals surface area contributed by atoms with Crippen molar-refractivity contribution in [3.05, 3.63) is 70.7 Å². The van der Waals surface area contributed by atoms with Crippen molar-refractivity contribution in [3.8, 4) is 5.75 Å². The molecule has 214 valence electrons. The predicted octanol–water partition coefficient (Wildman–Crippen LogP) is 6.12. The van der Waals surface area contributed by atoms with Gasteiger partial charge in [-0.2, -0.15) is 4.57 Å². The Kier molecular flexibility index (Phi) is 16.5. The van der Waals surface area contributed by atoms with Crippen LogP contribution in [0.5, 0.6) is 5.75 Å². The van der Waals surface area contributed by atoms with Crippen LogP contribution in [0, 0.1) is 6.92 Å². The first kappa shape index (κ1) is 32.8. The molecule has 0 saturated heterocycles. The quantitative estimate of drug-likeness (QED) is 0.134. The van der Waals surface area contributed by atoms with Crippen LogP contribution in [0.25, 0.3) is 0 Å². The number of para-hydroxylation sites is 1. The van der Waals surface area contributed by atoms with Crippen LogP contribution in [0.3, 0.4) is 0 Å². The van der Waals surface area contributed by atoms with Crippen LogP contribution in [-0.2, 0) is 6.54 Å². The number of nitrogens with zero attached hydrogens (tertiary/aromatic N) is 1. The molecule has 1 aromatic heterocycles. The number of benzene rings is 2. The van der Waals surface area contributed by atoms with Crippen LogP contribution in [0.1, 0.15) is 94.4 Å². The van der Waals surface area contributed by atoms with Crippen LogP contribution in [0.2, 0.25) is 0 Å². The molecule has 0 bridgehead atoms. The number of carbonyl (C=O) groups is 1. The van der Waals surface area contributed by atoms with E-state index < -0.39 is 0 Å². The van der Waals surface area contributed by atoms with Crippen molar-refractivity contribution in [1.82, 2.24) is 0 Å². The van der Waals surface area contributed by atoms with Gasteiger partial charge in [0.25, 0.3) is 0 Å². The van der Waals surface area contributed by atoms with E-state index >= 15 is 0 Å². The molecule has 1 heterocycles. The van der Waals surface area contributed by atoms with E-state index in [9.17, 15) is 4.79 Å². The van der Waals surface area contributed by atoms with Gasteiger partial charge in [0.15, 0.2) is 12.7 Å². The molecule has 39 heavy (non-hydrogen) atoms. The lowest BCUT2D eigenvalue weighted by Crippen LogP contribution is -3.00. The predicted molar refractivity (Wildman–Crippen MR) is 160 cm³/mol. The van der Waals surface area contributed by atoms with Gasteiger partial charge in [-0.3, -0.25) is 0 Å². The van der Waals surface area contributed by atoms with Gasteiger partial charge < -0.3 is 32.4 Å². The molecule has 0 aliphatic rings. The highest BCUT2D eigenvalue weighted by molar-refractivity contribution is 7.09. The average Bonchev–Trinajstić information content (AvgIpc) is 3.33. The number of halogens is 1. The SMILES string of the molecule is CCCCCCCCCCCCCCOc1ccc(NC(=O)Nc2ccccc2C[n+]2csc(C)c2)cc1.[Br-]. The molecule has 0 spiro atoms. The fraction of sp³-hybridized carbons (Fsp3) is 0.500. The summed E-state index contributed by atoms with van der Waals surface area (Å²) < 4.78 is 8.03. The Hall–Kier alpha value is -2.38. The summed E-state index contributed by atoms with van der Waals surface area (Å²) in [5.41, 5.74) is 4.70. The monoisotopic (exact) mass is 615 g/mol. The average molecular weight is 617 g/mol. The van der Waals surface area contributed by atoms with Gasteiger partial charge in [0.2, 0.25) is 5.51 Å². The zero-order valence-corrected chi connectivity index (χ0v) is 26.1. The minimum atomic E-state index is -0.255. The number of thiazole rings is 1. The number of carbonyl (C=O) groups excluding carboxylic acids is 1. The van der Waals surface area contributed by atoms with Crippen molar-refractivity contribution in [2.24, 2.45) is 0 Å². The maximum Gasteiger partial charge on any atom is 0.323 e. The molecule has 2 N–H and O–H groups in total. The van der Waals surface area contributed by atoms with Crippen LogP contribution >= 0.6 is 11.3 Å². The molecule has 0 radical (unpaired) electrons. The van der Waals surface area contributed by atoms with Crippen molar-refractivity contribution >= 4 is 28.7 Å². The first-order chi connectivity index (χ1) is 18.6. The van der Waals surface area contributed by atoms with Crippen molar-refractivity contribution in [2.45, 2.75) is 97.4 Å². The number of rotatable bonds is 18. The largest absolute Gasteiger partial charge is 1.00 e. The summed E-state index contributed by atoms with van der Waals surface area (Å²) in [5.74, 6) is 0.840. The lowest BCUT2D eigenvalue weighted by molar-refractivity contribution is -0.683. The molecule has 0 saturated carbocycles. The normalized spacial score (nSPS) is 10.6. The van der Waals surface area contributed by atoms with E-state index in [-0.39, 0.29) is 23.0 Å². The molecule has 0 aliphatic carbocycles. The van der Waals surface area contributed by atoms with Gasteiger partial charge in [-0.1, -0.05) is 107 Å². The maximum atomic E-state index is 12.6. The molecule has 3 rings (SSSR count). The highest BCUT2D eigenvalue weighted by atomic mass is 79.9. The van der Waals surface area contributed by atoms with Gasteiger partial charge in [-0.15, -0.1) is 0 Å². The number of nitrogens with one attached hydrogen (secondary N) is 2. The summed E-state index contributed by atoms with van der Waals surface area (Å²) in [6, 6.07) is 15.2. The molecule has 2 aromatic carbocycles. The van der Waals surface area contributed by atoms with Crippen molar-refractivity contribution in [3.63, 3.8) is 0 Å². The third kappa shape index (κ3) is 13.5. The van der Waals surface area contributed by atoms with Crippen LogP contribution < -0.4 is 36.9 Å². The van der Waals surface area contributed by atoms with E-state index in [1.54, 1.807) is 11.3 Å². The van der Waals surface area contributed by atoms with Crippen LogP contribution in [-0.4, -0.2) is 12.6 Å². The highest BCUT2D eigenvalue weighted by Crippen LogP contribution is 2.19. The summed E-state index contributed by atoms with van der Waals surface area (Å²) in [6.07, 6.45) is 18.2. The number of ether oxygens (including phenoxy) is 1. The molecule has 5 nitrogen and oxygen atoms in total. The Morgan fingerprint density at radius 2 is 1.44 bits per heavy atom. The Morgan fingerprint density at radius 1 is 0.821 bits per heavy atom. The van der Waals surface area contributed by atoms with E-state index in [0.717, 1.165) is 35.7 Å². The minimum Gasteiger partial charge on any atom is -1.00 e. The van der Waals surface area contributed by atoms with Gasteiger partial charge in [0.1, 0.15) is 5.75 Å². The first-order valence-electron chi connectivity index (χ1n) is 14.5. The van der Waals surface area contributed by atoms with Crippen LogP contribution in [0.4, 0.5) is 16.2 Å². The summed E-state index contributed by atoms with van der Waals surface area (Å²) in [5, 5.41) is 5.91. The molecule has 0 fully saturated rings. The first-order valence-corrected chi connectivity index (χ1v) is 15.3. The van der Waals surface area contributed by atoms with Gasteiger partial charge >= 0.3 is 6.03 Å². The Balaban J connectivity index is 0.00000533. The fourth-order valence-corrected chi connectivity index (χ4v) is 5.19. The van der Waals surface area contributed by atoms with Gasteiger partial charge in [0, 0.05) is 11.3 Å². The van der Waals surface area contributed by atoms with Crippen molar-refractivity contribution in [2.75, 3.05) is 17.2 Å². The van der Waals surface area contributed by atoms with Crippen molar-refractivity contribution in [1.29, 1.82) is 0 Å². The topological polar surface area (TPSA) is 54.2 Å². The van der Waals surface area contributed by atoms with E-state index in [2.05, 4.69) is 40.8 Å². The van der Waals surface area contributed by atoms with Crippen molar-refractivity contribution < 1.29 is 31.1 Å². The van der Waals surface area contributed by atoms with E-state index in [4.69, 9.17) is 4.74 Å². The molecule has 2 amide bonds. The second-order valence-electron chi connectivity index (χ2n) is 10.1. The minimum absolute atomic E-state index is 0. The summed E-state index contributed by atoms with van der Waals surface area (Å²) in [4.78, 5) is 13.9. The van der Waals surface area contributed by atoms with Gasteiger partial charge in [-0.05, 0) is 43.7 Å². The summed E-state index contributed by atoms with van der Waals surface area (Å²) >= 11 is 1.71. The summed E-state index contributed by atoms with van der Waals surface area (Å²) in [7, 11) is 0.